The number of carbonyl (C=O) groups is 2. The zero-order valence-corrected chi connectivity index (χ0v) is 13.6. The Labute approximate surface area is 143 Å². The van der Waals surface area contributed by atoms with Crippen molar-refractivity contribution in [2.45, 2.75) is 25.3 Å². The summed E-state index contributed by atoms with van der Waals surface area (Å²) in [4.78, 5) is 25.1. The minimum Gasteiger partial charge on any atom is -0.478 e. The number of aromatic carboxylic acids is 1. The van der Waals surface area contributed by atoms with Gasteiger partial charge in [0.2, 0.25) is 0 Å². The van der Waals surface area contributed by atoms with E-state index in [1.54, 1.807) is 17.0 Å². The molecule has 0 saturated carbocycles. The lowest BCUT2D eigenvalue weighted by Crippen LogP contribution is -2.34. The molecule has 0 bridgehead atoms. The van der Waals surface area contributed by atoms with Crippen molar-refractivity contribution in [3.8, 4) is 0 Å². The lowest BCUT2D eigenvalue weighted by atomic mass is 9.97. The maximum Gasteiger partial charge on any atom is 0.335 e. The first-order chi connectivity index (χ1) is 11.9. The molecule has 3 rings (SSSR count). The van der Waals surface area contributed by atoms with E-state index in [0.717, 1.165) is 11.6 Å². The summed E-state index contributed by atoms with van der Waals surface area (Å²) in [7, 11) is 0. The molecule has 1 heterocycles. The Morgan fingerprint density at radius 2 is 1.80 bits per heavy atom. The number of hydrogen-bond acceptors (Lipinski definition) is 2. The van der Waals surface area contributed by atoms with Crippen LogP contribution in [-0.2, 0) is 0 Å². The van der Waals surface area contributed by atoms with E-state index in [4.69, 9.17) is 5.11 Å². The van der Waals surface area contributed by atoms with Crippen LogP contribution < -0.4 is 0 Å². The van der Waals surface area contributed by atoms with Gasteiger partial charge in [-0.2, -0.15) is 0 Å². The number of carboxylic acids is 1. The number of nitrogens with zero attached hydrogens (tertiary/aromatic N) is 1. The van der Waals surface area contributed by atoms with Gasteiger partial charge in [-0.3, -0.25) is 4.79 Å². The number of benzene rings is 2. The van der Waals surface area contributed by atoms with Gasteiger partial charge < -0.3 is 10.0 Å². The molecule has 0 aliphatic carbocycles. The summed E-state index contributed by atoms with van der Waals surface area (Å²) in [6.07, 6.45) is 0.701. The molecular weight excluding hydrogens is 328 g/mol. The van der Waals surface area contributed by atoms with Crippen LogP contribution in [0.2, 0.25) is 0 Å². The molecule has 2 aromatic rings. The van der Waals surface area contributed by atoms with Crippen LogP contribution in [-0.4, -0.2) is 34.5 Å². The van der Waals surface area contributed by atoms with E-state index in [2.05, 4.69) is 0 Å². The average molecular weight is 345 g/mol. The Balaban J connectivity index is 1.81. The van der Waals surface area contributed by atoms with Crippen LogP contribution in [0.5, 0.6) is 0 Å². The van der Waals surface area contributed by atoms with E-state index in [0.29, 0.717) is 13.0 Å². The van der Waals surface area contributed by atoms with Crippen LogP contribution in [0, 0.1) is 11.6 Å². The quantitative estimate of drug-likeness (QED) is 0.923. The van der Waals surface area contributed by atoms with Crippen molar-refractivity contribution in [1.82, 2.24) is 4.90 Å². The molecule has 1 amide bonds. The highest BCUT2D eigenvalue weighted by molar-refractivity contribution is 5.96. The normalized spacial score (nSPS) is 19.9. The van der Waals surface area contributed by atoms with Crippen molar-refractivity contribution in [1.29, 1.82) is 0 Å². The highest BCUT2D eigenvalue weighted by atomic mass is 19.1. The molecule has 130 valence electrons. The first-order valence-corrected chi connectivity index (χ1v) is 7.96. The number of carboxylic acid groups (broad SMARTS) is 1. The van der Waals surface area contributed by atoms with E-state index in [-0.39, 0.29) is 28.9 Å². The van der Waals surface area contributed by atoms with E-state index < -0.39 is 17.7 Å². The summed E-state index contributed by atoms with van der Waals surface area (Å²) < 4.78 is 27.2. The Kier molecular flexibility index (Phi) is 4.53. The average Bonchev–Trinajstić information content (AvgIpc) is 2.96. The van der Waals surface area contributed by atoms with Gasteiger partial charge in [-0.25, -0.2) is 13.6 Å². The van der Waals surface area contributed by atoms with Crippen molar-refractivity contribution < 1.29 is 23.5 Å². The Morgan fingerprint density at radius 3 is 2.40 bits per heavy atom. The van der Waals surface area contributed by atoms with Crippen LogP contribution in [0.1, 0.15) is 45.5 Å². The van der Waals surface area contributed by atoms with Crippen LogP contribution in [0.15, 0.2) is 42.5 Å². The lowest BCUT2D eigenvalue weighted by Gasteiger charge is -2.22. The van der Waals surface area contributed by atoms with Crippen LogP contribution in [0.4, 0.5) is 8.78 Å². The molecule has 2 aromatic carbocycles. The van der Waals surface area contributed by atoms with Crippen LogP contribution in [0.25, 0.3) is 0 Å². The molecule has 0 spiro atoms. The topological polar surface area (TPSA) is 57.6 Å². The molecule has 1 N–H and O–H groups in total. The maximum absolute atomic E-state index is 14.2. The van der Waals surface area contributed by atoms with Gasteiger partial charge in [0.05, 0.1) is 11.1 Å². The Hall–Kier alpha value is -2.76. The van der Waals surface area contributed by atoms with Crippen molar-refractivity contribution >= 4 is 11.9 Å². The summed E-state index contributed by atoms with van der Waals surface area (Å²) in [5.74, 6) is -2.82. The fourth-order valence-electron chi connectivity index (χ4n) is 3.27. The number of amides is 1. The smallest absolute Gasteiger partial charge is 0.335 e. The fourth-order valence-corrected chi connectivity index (χ4v) is 3.27. The summed E-state index contributed by atoms with van der Waals surface area (Å²) in [5, 5.41) is 8.88. The highest BCUT2D eigenvalue weighted by Gasteiger charge is 2.34. The molecule has 1 saturated heterocycles. The third kappa shape index (κ3) is 3.38. The van der Waals surface area contributed by atoms with Gasteiger partial charge in [0.15, 0.2) is 0 Å². The van der Waals surface area contributed by atoms with Crippen molar-refractivity contribution in [3.63, 3.8) is 0 Å². The zero-order valence-electron chi connectivity index (χ0n) is 13.6. The maximum atomic E-state index is 14.2. The van der Waals surface area contributed by atoms with Crippen molar-refractivity contribution in [3.05, 3.63) is 70.8 Å². The molecular formula is C19H17F2NO3. The Bertz CT molecular complexity index is 820. The van der Waals surface area contributed by atoms with E-state index in [1.165, 1.54) is 24.3 Å². The number of hydrogen-bond donors (Lipinski definition) is 1. The SMILES string of the molecule is CC1CC(c2ccc(F)cc2)CN1C(=O)c1ccc(C(=O)O)cc1F. The zero-order chi connectivity index (χ0) is 18.1. The first kappa shape index (κ1) is 17.1. The van der Waals surface area contributed by atoms with Gasteiger partial charge in [-0.05, 0) is 49.2 Å². The predicted molar refractivity (Wildman–Crippen MR) is 87.6 cm³/mol. The molecule has 1 aliphatic rings. The summed E-state index contributed by atoms with van der Waals surface area (Å²) in [5.41, 5.74) is 0.592. The molecule has 1 aliphatic heterocycles. The van der Waals surface area contributed by atoms with Gasteiger partial charge in [-0.15, -0.1) is 0 Å². The van der Waals surface area contributed by atoms with E-state index in [9.17, 15) is 18.4 Å². The van der Waals surface area contributed by atoms with Gasteiger partial charge in [0.1, 0.15) is 11.6 Å². The van der Waals surface area contributed by atoms with Gasteiger partial charge >= 0.3 is 5.97 Å². The molecule has 0 aromatic heterocycles. The second-order valence-corrected chi connectivity index (χ2v) is 6.29. The predicted octanol–water partition coefficient (Wildman–Crippen LogP) is 3.68. The third-order valence-corrected chi connectivity index (χ3v) is 4.62. The molecule has 25 heavy (non-hydrogen) atoms. The summed E-state index contributed by atoms with van der Waals surface area (Å²) >= 11 is 0. The highest BCUT2D eigenvalue weighted by Crippen LogP contribution is 2.33. The summed E-state index contributed by atoms with van der Waals surface area (Å²) in [6, 6.07) is 9.35. The minimum absolute atomic E-state index is 0.0564. The van der Waals surface area contributed by atoms with Gasteiger partial charge in [0.25, 0.3) is 5.91 Å². The molecule has 2 unspecified atom stereocenters. The van der Waals surface area contributed by atoms with Crippen molar-refractivity contribution in [2.24, 2.45) is 0 Å². The lowest BCUT2D eigenvalue weighted by molar-refractivity contribution is 0.0691. The fraction of sp³-hybridized carbons (Fsp3) is 0.263. The molecule has 6 heteroatoms. The van der Waals surface area contributed by atoms with Crippen molar-refractivity contribution in [2.75, 3.05) is 6.54 Å². The largest absolute Gasteiger partial charge is 0.478 e. The second kappa shape index (κ2) is 6.63. The number of halogens is 2. The number of rotatable bonds is 3. The standard InChI is InChI=1S/C19H17F2NO3/c1-11-8-14(12-2-5-15(20)6-3-12)10-22(11)18(23)16-7-4-13(19(24)25)9-17(16)21/h2-7,9,11,14H,8,10H2,1H3,(H,24,25). The molecule has 1 fully saturated rings. The number of likely N-dealkylation sites (tertiary alicyclic amines) is 1. The molecule has 0 radical (unpaired) electrons. The summed E-state index contributed by atoms with van der Waals surface area (Å²) in [6.45, 7) is 2.29. The monoisotopic (exact) mass is 345 g/mol. The van der Waals surface area contributed by atoms with Gasteiger partial charge in [0, 0.05) is 18.5 Å². The number of carbonyl (C=O) groups excluding carboxylic acids is 1. The molecule has 4 nitrogen and oxygen atoms in total. The first-order valence-electron chi connectivity index (χ1n) is 7.96. The van der Waals surface area contributed by atoms with Crippen LogP contribution in [0.3, 0.4) is 0 Å². The Morgan fingerprint density at radius 1 is 1.12 bits per heavy atom. The minimum atomic E-state index is -1.25. The van der Waals surface area contributed by atoms with Gasteiger partial charge in [-0.1, -0.05) is 12.1 Å². The molecule has 2 atom stereocenters. The van der Waals surface area contributed by atoms with E-state index in [1.807, 2.05) is 6.92 Å². The van der Waals surface area contributed by atoms with Crippen LogP contribution >= 0.6 is 0 Å². The van der Waals surface area contributed by atoms with E-state index >= 15 is 0 Å². The second-order valence-electron chi connectivity index (χ2n) is 6.29. The third-order valence-electron chi connectivity index (χ3n) is 4.62.